The summed E-state index contributed by atoms with van der Waals surface area (Å²) in [5, 5.41) is 0. The number of amidine groups is 1. The lowest BCUT2D eigenvalue weighted by molar-refractivity contribution is 0.287. The number of benzene rings is 2. The highest BCUT2D eigenvalue weighted by molar-refractivity contribution is 5.85. The molecule has 21 heavy (non-hydrogen) atoms. The molecule has 0 aromatic heterocycles. The van der Waals surface area contributed by atoms with Crippen molar-refractivity contribution < 1.29 is 0 Å². The molecule has 0 radical (unpaired) electrons. The minimum Gasteiger partial charge on any atom is -0.351 e. The Kier molecular flexibility index (Phi) is 3.23. The minimum atomic E-state index is 0.238. The summed E-state index contributed by atoms with van der Waals surface area (Å²) in [7, 11) is 0. The smallest absolute Gasteiger partial charge is 0.101 e. The van der Waals surface area contributed by atoms with Gasteiger partial charge in [0, 0.05) is 13.0 Å². The third-order valence-corrected chi connectivity index (χ3v) is 4.59. The van der Waals surface area contributed by atoms with Crippen LogP contribution in [-0.2, 0) is 0 Å². The molecule has 2 heteroatoms. The second kappa shape index (κ2) is 5.36. The van der Waals surface area contributed by atoms with Crippen molar-refractivity contribution >= 4 is 5.84 Å². The van der Waals surface area contributed by atoms with Crippen LogP contribution in [0.25, 0.3) is 0 Å². The van der Waals surface area contributed by atoms with E-state index < -0.39 is 0 Å². The molecule has 2 aliphatic heterocycles. The van der Waals surface area contributed by atoms with Crippen molar-refractivity contribution in [2.75, 3.05) is 6.54 Å². The molecule has 0 unspecified atom stereocenters. The van der Waals surface area contributed by atoms with Gasteiger partial charge in [-0.15, -0.1) is 0 Å². The van der Waals surface area contributed by atoms with Crippen LogP contribution in [0.5, 0.6) is 0 Å². The van der Waals surface area contributed by atoms with Crippen LogP contribution in [0, 0.1) is 0 Å². The van der Waals surface area contributed by atoms with Crippen LogP contribution >= 0.6 is 0 Å². The van der Waals surface area contributed by atoms with Gasteiger partial charge in [0.05, 0.1) is 6.04 Å². The second-order valence-corrected chi connectivity index (χ2v) is 5.91. The lowest BCUT2D eigenvalue weighted by Crippen LogP contribution is -2.35. The fraction of sp³-hybridized carbons (Fsp3) is 0.316. The zero-order valence-corrected chi connectivity index (χ0v) is 12.2. The fourth-order valence-corrected chi connectivity index (χ4v) is 3.60. The van der Waals surface area contributed by atoms with Crippen molar-refractivity contribution in [1.29, 1.82) is 0 Å². The molecule has 2 aromatic rings. The molecule has 2 aromatic carbocycles. The maximum Gasteiger partial charge on any atom is 0.101 e. The van der Waals surface area contributed by atoms with Crippen molar-refractivity contribution in [3.05, 3.63) is 71.8 Å². The molecule has 0 saturated carbocycles. The molecular weight excluding hydrogens is 256 g/mol. The molecule has 2 aliphatic rings. The maximum atomic E-state index is 5.08. The van der Waals surface area contributed by atoms with E-state index in [1.54, 1.807) is 0 Å². The quantitative estimate of drug-likeness (QED) is 0.795. The van der Waals surface area contributed by atoms with Gasteiger partial charge in [-0.1, -0.05) is 60.7 Å². The van der Waals surface area contributed by atoms with E-state index in [1.165, 1.54) is 29.8 Å². The van der Waals surface area contributed by atoms with E-state index in [0.29, 0.717) is 6.04 Å². The summed E-state index contributed by atoms with van der Waals surface area (Å²) in [6.07, 6.45) is 3.69. The summed E-state index contributed by atoms with van der Waals surface area (Å²) in [5.41, 5.74) is 2.71. The van der Waals surface area contributed by atoms with Crippen LogP contribution in [0.1, 0.15) is 42.5 Å². The van der Waals surface area contributed by atoms with Crippen molar-refractivity contribution in [3.63, 3.8) is 0 Å². The molecule has 106 valence electrons. The van der Waals surface area contributed by atoms with Gasteiger partial charge in [-0.05, 0) is 24.0 Å². The molecule has 1 fully saturated rings. The van der Waals surface area contributed by atoms with Crippen LogP contribution in [0.15, 0.2) is 65.7 Å². The third kappa shape index (κ3) is 2.25. The van der Waals surface area contributed by atoms with E-state index in [2.05, 4.69) is 65.6 Å². The van der Waals surface area contributed by atoms with Gasteiger partial charge in [0.15, 0.2) is 0 Å². The van der Waals surface area contributed by atoms with Crippen LogP contribution in [-0.4, -0.2) is 17.3 Å². The number of nitrogens with zero attached hydrogens (tertiary/aromatic N) is 2. The van der Waals surface area contributed by atoms with E-state index in [0.717, 1.165) is 13.0 Å². The fourth-order valence-electron chi connectivity index (χ4n) is 3.60. The summed E-state index contributed by atoms with van der Waals surface area (Å²) in [6.45, 7) is 1.14. The SMILES string of the molecule is c1ccc([C@H]2N=C3CCCCN3[C@H]2c2ccccc2)cc1. The third-order valence-electron chi connectivity index (χ3n) is 4.59. The summed E-state index contributed by atoms with van der Waals surface area (Å²) < 4.78 is 0. The number of fused-ring (bicyclic) bond motifs is 1. The Hall–Kier alpha value is -2.09. The molecule has 2 heterocycles. The first-order chi connectivity index (χ1) is 10.4. The lowest BCUT2D eigenvalue weighted by Gasteiger charge is -2.33. The highest BCUT2D eigenvalue weighted by Crippen LogP contribution is 2.43. The van der Waals surface area contributed by atoms with E-state index >= 15 is 0 Å². The van der Waals surface area contributed by atoms with Gasteiger partial charge in [0.1, 0.15) is 11.9 Å². The number of hydrogen-bond acceptors (Lipinski definition) is 2. The Labute approximate surface area is 126 Å². The summed E-state index contributed by atoms with van der Waals surface area (Å²) in [5.74, 6) is 1.31. The van der Waals surface area contributed by atoms with Crippen LogP contribution in [0.2, 0.25) is 0 Å². The lowest BCUT2D eigenvalue weighted by atomic mass is 9.93. The average Bonchev–Trinajstić information content (AvgIpc) is 2.96. The molecule has 2 atom stereocenters. The Balaban J connectivity index is 1.77. The summed E-state index contributed by atoms with van der Waals surface area (Å²) >= 11 is 0. The number of aliphatic imine (C=N–C) groups is 1. The molecule has 0 N–H and O–H groups in total. The van der Waals surface area contributed by atoms with Crippen LogP contribution < -0.4 is 0 Å². The molecule has 2 nitrogen and oxygen atoms in total. The Bertz CT molecular complexity index is 633. The number of piperidine rings is 1. The van der Waals surface area contributed by atoms with E-state index in [-0.39, 0.29) is 6.04 Å². The first-order valence-corrected chi connectivity index (χ1v) is 7.87. The normalized spacial score (nSPS) is 24.6. The van der Waals surface area contributed by atoms with Crippen molar-refractivity contribution in [2.45, 2.75) is 31.3 Å². The van der Waals surface area contributed by atoms with Gasteiger partial charge < -0.3 is 4.90 Å². The van der Waals surface area contributed by atoms with Crippen LogP contribution in [0.4, 0.5) is 0 Å². The maximum absolute atomic E-state index is 5.08. The Morgan fingerprint density at radius 3 is 2.19 bits per heavy atom. The molecule has 0 aliphatic carbocycles. The number of rotatable bonds is 2. The first-order valence-electron chi connectivity index (χ1n) is 7.87. The zero-order chi connectivity index (χ0) is 14.1. The van der Waals surface area contributed by atoms with Gasteiger partial charge in [0.25, 0.3) is 0 Å². The van der Waals surface area contributed by atoms with Gasteiger partial charge in [-0.3, -0.25) is 4.99 Å². The molecule has 0 spiro atoms. The standard InChI is InChI=1S/C19H20N2/c1-3-9-15(10-4-1)18-19(16-11-5-2-6-12-16)21-14-8-7-13-17(21)20-18/h1-6,9-12,18-19H,7-8,13-14H2/t18-,19+/m1/s1. The summed E-state index contributed by atoms with van der Waals surface area (Å²) in [6, 6.07) is 22.2. The Morgan fingerprint density at radius 1 is 0.810 bits per heavy atom. The molecule has 0 amide bonds. The highest BCUT2D eigenvalue weighted by atomic mass is 15.3. The highest BCUT2D eigenvalue weighted by Gasteiger charge is 2.38. The largest absolute Gasteiger partial charge is 0.351 e. The average molecular weight is 276 g/mol. The topological polar surface area (TPSA) is 15.6 Å². The van der Waals surface area contributed by atoms with E-state index in [4.69, 9.17) is 4.99 Å². The van der Waals surface area contributed by atoms with Crippen molar-refractivity contribution in [3.8, 4) is 0 Å². The van der Waals surface area contributed by atoms with Gasteiger partial charge in [-0.25, -0.2) is 0 Å². The molecular formula is C19H20N2. The van der Waals surface area contributed by atoms with Crippen molar-refractivity contribution in [2.24, 2.45) is 4.99 Å². The Morgan fingerprint density at radius 2 is 1.48 bits per heavy atom. The summed E-state index contributed by atoms with van der Waals surface area (Å²) in [4.78, 5) is 7.62. The number of hydrogen-bond donors (Lipinski definition) is 0. The van der Waals surface area contributed by atoms with E-state index in [9.17, 15) is 0 Å². The predicted octanol–water partition coefficient (Wildman–Crippen LogP) is 4.37. The molecule has 4 rings (SSSR count). The van der Waals surface area contributed by atoms with E-state index in [1.807, 2.05) is 0 Å². The first kappa shape index (κ1) is 12.6. The monoisotopic (exact) mass is 276 g/mol. The van der Waals surface area contributed by atoms with Gasteiger partial charge >= 0.3 is 0 Å². The van der Waals surface area contributed by atoms with Gasteiger partial charge in [0.2, 0.25) is 0 Å². The van der Waals surface area contributed by atoms with Crippen molar-refractivity contribution in [1.82, 2.24) is 4.90 Å². The minimum absolute atomic E-state index is 0.238. The predicted molar refractivity (Wildman–Crippen MR) is 86.4 cm³/mol. The van der Waals surface area contributed by atoms with Gasteiger partial charge in [-0.2, -0.15) is 0 Å². The second-order valence-electron chi connectivity index (χ2n) is 5.91. The van der Waals surface area contributed by atoms with Crippen LogP contribution in [0.3, 0.4) is 0 Å². The molecule has 1 saturated heterocycles. The zero-order valence-electron chi connectivity index (χ0n) is 12.2. The molecule has 0 bridgehead atoms.